The normalized spacial score (nSPS) is 26.0. The molecule has 13 heavy (non-hydrogen) atoms. The van der Waals surface area contributed by atoms with Gasteiger partial charge < -0.3 is 4.74 Å². The summed E-state index contributed by atoms with van der Waals surface area (Å²) in [6.07, 6.45) is 5.83. The molecule has 0 unspecified atom stereocenters. The van der Waals surface area contributed by atoms with E-state index in [0.29, 0.717) is 5.92 Å². The lowest BCUT2D eigenvalue weighted by atomic mass is 9.98. The average molecular weight is 175 g/mol. The lowest BCUT2D eigenvalue weighted by Crippen LogP contribution is -2.06. The fourth-order valence-electron chi connectivity index (χ4n) is 1.63. The van der Waals surface area contributed by atoms with Gasteiger partial charge in [0.2, 0.25) is 0 Å². The molecule has 1 aromatic heterocycles. The minimum Gasteiger partial charge on any atom is -0.493 e. The van der Waals surface area contributed by atoms with Crippen molar-refractivity contribution < 1.29 is 4.74 Å². The van der Waals surface area contributed by atoms with Crippen LogP contribution in [0.3, 0.4) is 0 Å². The second kappa shape index (κ2) is 3.21. The van der Waals surface area contributed by atoms with Crippen LogP contribution in [0.4, 0.5) is 0 Å². The molecule has 1 aliphatic rings. The van der Waals surface area contributed by atoms with Gasteiger partial charge in [-0.1, -0.05) is 13.0 Å². The van der Waals surface area contributed by atoms with E-state index in [0.717, 1.165) is 5.69 Å². The first-order chi connectivity index (χ1) is 6.29. The van der Waals surface area contributed by atoms with Gasteiger partial charge in [-0.15, -0.1) is 0 Å². The SMILES string of the molecule is Cc1ncccc1[C@@H]1OC=C[C@H]1C. The zero-order chi connectivity index (χ0) is 9.26. The van der Waals surface area contributed by atoms with Crippen LogP contribution in [-0.4, -0.2) is 4.98 Å². The minimum absolute atomic E-state index is 0.161. The maximum Gasteiger partial charge on any atom is 0.131 e. The van der Waals surface area contributed by atoms with Crippen molar-refractivity contribution >= 4 is 0 Å². The molecule has 0 fully saturated rings. The Morgan fingerprint density at radius 2 is 2.31 bits per heavy atom. The van der Waals surface area contributed by atoms with Crippen LogP contribution in [-0.2, 0) is 4.74 Å². The van der Waals surface area contributed by atoms with Crippen molar-refractivity contribution in [3.05, 3.63) is 41.9 Å². The van der Waals surface area contributed by atoms with Crippen molar-refractivity contribution in [3.63, 3.8) is 0 Å². The molecule has 0 amide bonds. The number of ether oxygens (including phenoxy) is 1. The highest BCUT2D eigenvalue weighted by atomic mass is 16.5. The monoisotopic (exact) mass is 175 g/mol. The maximum absolute atomic E-state index is 5.51. The van der Waals surface area contributed by atoms with Crippen molar-refractivity contribution in [2.45, 2.75) is 20.0 Å². The quantitative estimate of drug-likeness (QED) is 0.654. The maximum atomic E-state index is 5.51. The highest BCUT2D eigenvalue weighted by Gasteiger charge is 2.23. The molecule has 0 aromatic carbocycles. The van der Waals surface area contributed by atoms with Crippen LogP contribution in [0.25, 0.3) is 0 Å². The zero-order valence-corrected chi connectivity index (χ0v) is 7.90. The van der Waals surface area contributed by atoms with Gasteiger partial charge in [0, 0.05) is 23.4 Å². The lowest BCUT2D eigenvalue weighted by Gasteiger charge is -2.16. The predicted molar refractivity (Wildman–Crippen MR) is 51.1 cm³/mol. The van der Waals surface area contributed by atoms with Crippen molar-refractivity contribution in [1.29, 1.82) is 0 Å². The minimum atomic E-state index is 0.161. The van der Waals surface area contributed by atoms with Gasteiger partial charge in [0.15, 0.2) is 0 Å². The fourth-order valence-corrected chi connectivity index (χ4v) is 1.63. The second-order valence-electron chi connectivity index (χ2n) is 3.42. The van der Waals surface area contributed by atoms with Crippen molar-refractivity contribution in [3.8, 4) is 0 Å². The number of nitrogens with zero attached hydrogens (tertiary/aromatic N) is 1. The van der Waals surface area contributed by atoms with Crippen molar-refractivity contribution in [1.82, 2.24) is 4.98 Å². The lowest BCUT2D eigenvalue weighted by molar-refractivity contribution is 0.141. The summed E-state index contributed by atoms with van der Waals surface area (Å²) in [7, 11) is 0. The van der Waals surface area contributed by atoms with Crippen LogP contribution in [0.1, 0.15) is 24.3 Å². The summed E-state index contributed by atoms with van der Waals surface area (Å²) < 4.78 is 5.51. The number of hydrogen-bond donors (Lipinski definition) is 0. The molecule has 0 saturated heterocycles. The highest BCUT2D eigenvalue weighted by Crippen LogP contribution is 2.32. The predicted octanol–water partition coefficient (Wildman–Crippen LogP) is 2.61. The van der Waals surface area contributed by atoms with E-state index in [2.05, 4.69) is 24.1 Å². The number of aryl methyl sites for hydroxylation is 1. The van der Waals surface area contributed by atoms with Gasteiger partial charge in [-0.05, 0) is 19.1 Å². The van der Waals surface area contributed by atoms with Gasteiger partial charge in [-0.3, -0.25) is 4.98 Å². The molecular formula is C11H13NO. The fraction of sp³-hybridized carbons (Fsp3) is 0.364. The molecule has 68 valence electrons. The van der Waals surface area contributed by atoms with E-state index in [1.807, 2.05) is 19.2 Å². The molecule has 2 heteroatoms. The number of rotatable bonds is 1. The summed E-state index contributed by atoms with van der Waals surface area (Å²) in [5.41, 5.74) is 2.25. The van der Waals surface area contributed by atoms with Crippen LogP contribution in [0.15, 0.2) is 30.7 Å². The van der Waals surface area contributed by atoms with E-state index in [-0.39, 0.29) is 6.10 Å². The number of pyridine rings is 1. The topological polar surface area (TPSA) is 22.1 Å². The molecule has 0 bridgehead atoms. The van der Waals surface area contributed by atoms with Gasteiger partial charge in [-0.2, -0.15) is 0 Å². The van der Waals surface area contributed by atoms with Crippen LogP contribution in [0.2, 0.25) is 0 Å². The standard InChI is InChI=1S/C11H13NO/c1-8-5-7-13-11(8)10-4-3-6-12-9(10)2/h3-8,11H,1-2H3/t8-,11-/m1/s1. The van der Waals surface area contributed by atoms with E-state index in [9.17, 15) is 0 Å². The summed E-state index contributed by atoms with van der Waals surface area (Å²) in [6, 6.07) is 4.03. The Kier molecular flexibility index (Phi) is 2.05. The van der Waals surface area contributed by atoms with E-state index < -0.39 is 0 Å². The molecule has 0 saturated carbocycles. The third-order valence-electron chi connectivity index (χ3n) is 2.44. The second-order valence-corrected chi connectivity index (χ2v) is 3.42. The zero-order valence-electron chi connectivity index (χ0n) is 7.90. The molecule has 0 aliphatic carbocycles. The van der Waals surface area contributed by atoms with E-state index in [1.165, 1.54) is 5.56 Å². The molecular weight excluding hydrogens is 162 g/mol. The first-order valence-electron chi connectivity index (χ1n) is 4.52. The van der Waals surface area contributed by atoms with Crippen LogP contribution >= 0.6 is 0 Å². The Bertz CT molecular complexity index is 333. The van der Waals surface area contributed by atoms with Crippen LogP contribution in [0.5, 0.6) is 0 Å². The molecule has 0 radical (unpaired) electrons. The van der Waals surface area contributed by atoms with E-state index >= 15 is 0 Å². The van der Waals surface area contributed by atoms with Gasteiger partial charge in [0.05, 0.1) is 6.26 Å². The summed E-state index contributed by atoms with van der Waals surface area (Å²) in [5.74, 6) is 0.447. The Morgan fingerprint density at radius 3 is 2.92 bits per heavy atom. The van der Waals surface area contributed by atoms with E-state index in [4.69, 9.17) is 4.74 Å². The Balaban J connectivity index is 2.31. The number of hydrogen-bond acceptors (Lipinski definition) is 2. The molecule has 0 spiro atoms. The van der Waals surface area contributed by atoms with Gasteiger partial charge in [0.1, 0.15) is 6.10 Å². The molecule has 2 heterocycles. The molecule has 2 nitrogen and oxygen atoms in total. The summed E-state index contributed by atoms with van der Waals surface area (Å²) in [5, 5.41) is 0. The van der Waals surface area contributed by atoms with Gasteiger partial charge in [-0.25, -0.2) is 0 Å². The Morgan fingerprint density at radius 1 is 1.46 bits per heavy atom. The van der Waals surface area contributed by atoms with Crippen LogP contribution in [0, 0.1) is 12.8 Å². The largest absolute Gasteiger partial charge is 0.493 e. The number of aromatic nitrogens is 1. The third-order valence-corrected chi connectivity index (χ3v) is 2.44. The summed E-state index contributed by atoms with van der Waals surface area (Å²) in [4.78, 5) is 4.25. The van der Waals surface area contributed by atoms with Crippen LogP contribution < -0.4 is 0 Å². The molecule has 2 atom stereocenters. The summed E-state index contributed by atoms with van der Waals surface area (Å²) in [6.45, 7) is 4.17. The molecule has 1 aromatic rings. The Hall–Kier alpha value is -1.31. The van der Waals surface area contributed by atoms with Gasteiger partial charge >= 0.3 is 0 Å². The van der Waals surface area contributed by atoms with E-state index in [1.54, 1.807) is 6.26 Å². The molecule has 1 aliphatic heterocycles. The first kappa shape index (κ1) is 8.30. The molecule has 2 rings (SSSR count). The average Bonchev–Trinajstić information content (AvgIpc) is 2.52. The Labute approximate surface area is 78.3 Å². The van der Waals surface area contributed by atoms with Crippen molar-refractivity contribution in [2.24, 2.45) is 5.92 Å². The highest BCUT2D eigenvalue weighted by molar-refractivity contribution is 5.24. The first-order valence-corrected chi connectivity index (χ1v) is 4.52. The smallest absolute Gasteiger partial charge is 0.131 e. The summed E-state index contributed by atoms with van der Waals surface area (Å²) >= 11 is 0. The van der Waals surface area contributed by atoms with Crippen molar-refractivity contribution in [2.75, 3.05) is 0 Å². The van der Waals surface area contributed by atoms with Gasteiger partial charge in [0.25, 0.3) is 0 Å². The molecule has 0 N–H and O–H groups in total. The third kappa shape index (κ3) is 1.44.